The van der Waals surface area contributed by atoms with Crippen molar-refractivity contribution < 1.29 is 9.84 Å². The first kappa shape index (κ1) is 9.96. The summed E-state index contributed by atoms with van der Waals surface area (Å²) in [6.07, 6.45) is 0.0512. The summed E-state index contributed by atoms with van der Waals surface area (Å²) in [5, 5.41) is 9.38. The molecule has 1 saturated heterocycles. The molecule has 0 saturated carbocycles. The van der Waals surface area contributed by atoms with Gasteiger partial charge in [0.25, 0.3) is 0 Å². The standard InChI is InChI=1S/C9H19NO2/c1-7-6-10(4-5-12-7)8(2)9(3)11/h7-9,11H,4-6H2,1-3H3/t7-,8?,9?/m1/s1. The van der Waals surface area contributed by atoms with Gasteiger partial charge in [0.05, 0.1) is 18.8 Å². The fourth-order valence-corrected chi connectivity index (χ4v) is 1.52. The Hall–Kier alpha value is -0.120. The number of rotatable bonds is 2. The monoisotopic (exact) mass is 173 g/mol. The van der Waals surface area contributed by atoms with Crippen LogP contribution in [0.3, 0.4) is 0 Å². The molecule has 0 amide bonds. The number of aliphatic hydroxyl groups excluding tert-OH is 1. The molecule has 0 aliphatic carbocycles. The first-order valence-electron chi connectivity index (χ1n) is 4.65. The third-order valence-electron chi connectivity index (χ3n) is 2.55. The maximum absolute atomic E-state index is 9.38. The SMILES string of the molecule is CC(O)C(C)N1CCO[C@H](C)C1. The van der Waals surface area contributed by atoms with Gasteiger partial charge in [-0.1, -0.05) is 0 Å². The fraction of sp³-hybridized carbons (Fsp3) is 1.00. The van der Waals surface area contributed by atoms with Gasteiger partial charge in [0.15, 0.2) is 0 Å². The Morgan fingerprint density at radius 3 is 2.67 bits per heavy atom. The van der Waals surface area contributed by atoms with Gasteiger partial charge in [0, 0.05) is 19.1 Å². The highest BCUT2D eigenvalue weighted by molar-refractivity contribution is 4.76. The highest BCUT2D eigenvalue weighted by atomic mass is 16.5. The van der Waals surface area contributed by atoms with Crippen molar-refractivity contribution in [2.24, 2.45) is 0 Å². The summed E-state index contributed by atoms with van der Waals surface area (Å²) < 4.78 is 5.41. The molecule has 3 nitrogen and oxygen atoms in total. The van der Waals surface area contributed by atoms with Crippen molar-refractivity contribution in [2.45, 2.75) is 39.0 Å². The van der Waals surface area contributed by atoms with Gasteiger partial charge in [0.2, 0.25) is 0 Å². The molecule has 1 fully saturated rings. The molecular weight excluding hydrogens is 154 g/mol. The van der Waals surface area contributed by atoms with Crippen molar-refractivity contribution in [3.05, 3.63) is 0 Å². The number of nitrogens with zero attached hydrogens (tertiary/aromatic N) is 1. The van der Waals surface area contributed by atoms with E-state index in [1.807, 2.05) is 6.92 Å². The zero-order chi connectivity index (χ0) is 9.14. The van der Waals surface area contributed by atoms with Crippen molar-refractivity contribution in [2.75, 3.05) is 19.7 Å². The van der Waals surface area contributed by atoms with Crippen LogP contribution in [0.15, 0.2) is 0 Å². The number of ether oxygens (including phenoxy) is 1. The molecule has 1 N–H and O–H groups in total. The second-order valence-corrected chi connectivity index (χ2v) is 3.66. The van der Waals surface area contributed by atoms with Gasteiger partial charge in [-0.2, -0.15) is 0 Å². The van der Waals surface area contributed by atoms with Gasteiger partial charge in [-0.25, -0.2) is 0 Å². The van der Waals surface area contributed by atoms with Crippen molar-refractivity contribution >= 4 is 0 Å². The highest BCUT2D eigenvalue weighted by Crippen LogP contribution is 2.10. The van der Waals surface area contributed by atoms with Gasteiger partial charge in [-0.15, -0.1) is 0 Å². The highest BCUT2D eigenvalue weighted by Gasteiger charge is 2.23. The lowest BCUT2D eigenvalue weighted by Crippen LogP contribution is -2.49. The minimum Gasteiger partial charge on any atom is -0.392 e. The van der Waals surface area contributed by atoms with E-state index in [1.54, 1.807) is 0 Å². The van der Waals surface area contributed by atoms with Crippen LogP contribution in [0.1, 0.15) is 20.8 Å². The molecule has 0 spiro atoms. The van der Waals surface area contributed by atoms with Crippen LogP contribution in [0, 0.1) is 0 Å². The fourth-order valence-electron chi connectivity index (χ4n) is 1.52. The molecule has 1 rings (SSSR count). The second kappa shape index (κ2) is 4.21. The minimum absolute atomic E-state index is 0.247. The molecule has 72 valence electrons. The second-order valence-electron chi connectivity index (χ2n) is 3.66. The molecule has 3 heteroatoms. The number of morpholine rings is 1. The van der Waals surface area contributed by atoms with E-state index in [0.29, 0.717) is 6.10 Å². The number of aliphatic hydroxyl groups is 1. The molecule has 0 aromatic rings. The summed E-state index contributed by atoms with van der Waals surface area (Å²) in [5.74, 6) is 0. The smallest absolute Gasteiger partial charge is 0.0674 e. The summed E-state index contributed by atoms with van der Waals surface area (Å²) in [4.78, 5) is 2.28. The average molecular weight is 173 g/mol. The molecule has 2 unspecified atom stereocenters. The zero-order valence-electron chi connectivity index (χ0n) is 8.16. The number of hydrogen-bond acceptors (Lipinski definition) is 3. The molecule has 1 heterocycles. The summed E-state index contributed by atoms with van der Waals surface area (Å²) in [6, 6.07) is 0.247. The Morgan fingerprint density at radius 2 is 2.17 bits per heavy atom. The van der Waals surface area contributed by atoms with Crippen LogP contribution in [-0.4, -0.2) is 48.0 Å². The van der Waals surface area contributed by atoms with Crippen molar-refractivity contribution in [1.29, 1.82) is 0 Å². The van der Waals surface area contributed by atoms with Crippen LogP contribution < -0.4 is 0 Å². The maximum Gasteiger partial charge on any atom is 0.0674 e. The van der Waals surface area contributed by atoms with Gasteiger partial charge in [0.1, 0.15) is 0 Å². The predicted octanol–water partition coefficient (Wildman–Crippen LogP) is 0.476. The van der Waals surface area contributed by atoms with E-state index >= 15 is 0 Å². The summed E-state index contributed by atoms with van der Waals surface area (Å²) in [6.45, 7) is 8.63. The molecule has 3 atom stereocenters. The van der Waals surface area contributed by atoms with E-state index in [4.69, 9.17) is 4.74 Å². The van der Waals surface area contributed by atoms with E-state index < -0.39 is 0 Å². The van der Waals surface area contributed by atoms with Crippen LogP contribution in [0.4, 0.5) is 0 Å². The predicted molar refractivity (Wildman–Crippen MR) is 48.1 cm³/mol. The first-order chi connectivity index (χ1) is 5.61. The minimum atomic E-state index is -0.254. The molecule has 0 radical (unpaired) electrons. The lowest BCUT2D eigenvalue weighted by atomic mass is 10.1. The van der Waals surface area contributed by atoms with Gasteiger partial charge in [-0.3, -0.25) is 4.90 Å². The summed E-state index contributed by atoms with van der Waals surface area (Å²) >= 11 is 0. The Bertz CT molecular complexity index is 138. The van der Waals surface area contributed by atoms with Crippen molar-refractivity contribution in [1.82, 2.24) is 4.90 Å². The quantitative estimate of drug-likeness (QED) is 0.659. The van der Waals surface area contributed by atoms with E-state index in [2.05, 4.69) is 18.7 Å². The Morgan fingerprint density at radius 1 is 1.50 bits per heavy atom. The van der Waals surface area contributed by atoms with Gasteiger partial charge < -0.3 is 9.84 Å². The van der Waals surface area contributed by atoms with Crippen LogP contribution in [0.5, 0.6) is 0 Å². The molecule has 12 heavy (non-hydrogen) atoms. The number of hydrogen-bond donors (Lipinski definition) is 1. The average Bonchev–Trinajstić information content (AvgIpc) is 2.03. The maximum atomic E-state index is 9.38. The van der Waals surface area contributed by atoms with Crippen LogP contribution in [0.25, 0.3) is 0 Å². The van der Waals surface area contributed by atoms with Crippen LogP contribution >= 0.6 is 0 Å². The van der Waals surface area contributed by atoms with Crippen LogP contribution in [0.2, 0.25) is 0 Å². The molecule has 1 aliphatic rings. The Kier molecular flexibility index (Phi) is 3.50. The largest absolute Gasteiger partial charge is 0.392 e. The molecular formula is C9H19NO2. The third kappa shape index (κ3) is 2.44. The van der Waals surface area contributed by atoms with E-state index in [0.717, 1.165) is 19.7 Å². The van der Waals surface area contributed by atoms with E-state index in [9.17, 15) is 5.11 Å². The lowest BCUT2D eigenvalue weighted by Gasteiger charge is -2.36. The first-order valence-corrected chi connectivity index (χ1v) is 4.65. The van der Waals surface area contributed by atoms with Crippen LogP contribution in [-0.2, 0) is 4.74 Å². The van der Waals surface area contributed by atoms with Crippen molar-refractivity contribution in [3.63, 3.8) is 0 Å². The lowest BCUT2D eigenvalue weighted by molar-refractivity contribution is -0.0505. The van der Waals surface area contributed by atoms with E-state index in [-0.39, 0.29) is 12.1 Å². The van der Waals surface area contributed by atoms with E-state index in [1.165, 1.54) is 0 Å². The topological polar surface area (TPSA) is 32.7 Å². The third-order valence-corrected chi connectivity index (χ3v) is 2.55. The Labute approximate surface area is 74.3 Å². The summed E-state index contributed by atoms with van der Waals surface area (Å²) in [7, 11) is 0. The molecule has 1 aliphatic heterocycles. The molecule has 0 aromatic heterocycles. The Balaban J connectivity index is 2.40. The molecule has 0 aromatic carbocycles. The van der Waals surface area contributed by atoms with Crippen molar-refractivity contribution in [3.8, 4) is 0 Å². The van der Waals surface area contributed by atoms with Gasteiger partial charge >= 0.3 is 0 Å². The zero-order valence-corrected chi connectivity index (χ0v) is 8.16. The van der Waals surface area contributed by atoms with Gasteiger partial charge in [-0.05, 0) is 20.8 Å². The summed E-state index contributed by atoms with van der Waals surface area (Å²) in [5.41, 5.74) is 0. The molecule has 0 bridgehead atoms. The normalized spacial score (nSPS) is 31.5.